The van der Waals surface area contributed by atoms with Crippen LogP contribution in [-0.2, 0) is 4.74 Å². The van der Waals surface area contributed by atoms with Gasteiger partial charge in [0.05, 0.1) is 10.6 Å². The minimum Gasteiger partial charge on any atom is -0.439 e. The van der Waals surface area contributed by atoms with E-state index in [1.54, 1.807) is 33.4 Å². The highest BCUT2D eigenvalue weighted by Gasteiger charge is 2.17. The zero-order valence-electron chi connectivity index (χ0n) is 15.6. The highest BCUT2D eigenvalue weighted by Crippen LogP contribution is 2.30. The molecule has 1 atom stereocenters. The second-order valence-corrected chi connectivity index (χ2v) is 7.30. The van der Waals surface area contributed by atoms with Gasteiger partial charge in [-0.05, 0) is 43.7 Å². The topological polar surface area (TPSA) is 80.2 Å². The number of ether oxygens (including phenoxy) is 1. The Morgan fingerprint density at radius 2 is 2.04 bits per heavy atom. The lowest BCUT2D eigenvalue weighted by molar-refractivity contribution is 0.0825. The van der Waals surface area contributed by atoms with E-state index in [0.717, 1.165) is 27.0 Å². The van der Waals surface area contributed by atoms with E-state index >= 15 is 0 Å². The molecule has 8 heteroatoms. The predicted octanol–water partition coefficient (Wildman–Crippen LogP) is 4.41. The molecule has 3 aromatic heterocycles. The van der Waals surface area contributed by atoms with Crippen molar-refractivity contribution in [2.24, 2.45) is 0 Å². The van der Waals surface area contributed by atoms with E-state index < -0.39 is 12.2 Å². The Kier molecular flexibility index (Phi) is 5.66. The molecule has 0 bridgehead atoms. The van der Waals surface area contributed by atoms with Gasteiger partial charge in [0.25, 0.3) is 0 Å². The van der Waals surface area contributed by atoms with Gasteiger partial charge in [0.1, 0.15) is 16.6 Å². The lowest BCUT2D eigenvalue weighted by Gasteiger charge is -2.14. The van der Waals surface area contributed by atoms with Gasteiger partial charge in [-0.1, -0.05) is 6.07 Å². The number of anilines is 2. The lowest BCUT2D eigenvalue weighted by atomic mass is 10.3. The van der Waals surface area contributed by atoms with Crippen LogP contribution in [0, 0.1) is 6.92 Å². The van der Waals surface area contributed by atoms with Crippen molar-refractivity contribution in [1.82, 2.24) is 19.9 Å². The van der Waals surface area contributed by atoms with Crippen LogP contribution in [-0.4, -0.2) is 40.0 Å². The molecular formula is C19H21N5O2S. The van der Waals surface area contributed by atoms with Crippen molar-refractivity contribution in [3.8, 4) is 10.6 Å². The molecular weight excluding hydrogens is 362 g/mol. The summed E-state index contributed by atoms with van der Waals surface area (Å²) in [7, 11) is 3.29. The second kappa shape index (κ2) is 8.13. The maximum Gasteiger partial charge on any atom is 0.409 e. The summed E-state index contributed by atoms with van der Waals surface area (Å²) in [4.78, 5) is 27.3. The molecule has 0 aliphatic rings. The van der Waals surface area contributed by atoms with E-state index in [4.69, 9.17) is 4.74 Å². The van der Waals surface area contributed by atoms with Crippen molar-refractivity contribution in [3.63, 3.8) is 0 Å². The van der Waals surface area contributed by atoms with E-state index in [-0.39, 0.29) is 0 Å². The number of nitrogens with one attached hydrogen (secondary N) is 1. The molecule has 1 N–H and O–H groups in total. The zero-order valence-corrected chi connectivity index (χ0v) is 16.4. The van der Waals surface area contributed by atoms with Gasteiger partial charge in [0.15, 0.2) is 6.10 Å². The summed E-state index contributed by atoms with van der Waals surface area (Å²) in [5.74, 6) is 1.45. The molecule has 7 nitrogen and oxygen atoms in total. The first kappa shape index (κ1) is 18.8. The molecule has 0 spiro atoms. The van der Waals surface area contributed by atoms with Gasteiger partial charge in [0, 0.05) is 26.5 Å². The third-order valence-electron chi connectivity index (χ3n) is 3.69. The fourth-order valence-electron chi connectivity index (χ4n) is 2.28. The summed E-state index contributed by atoms with van der Waals surface area (Å²) < 4.78 is 5.35. The third kappa shape index (κ3) is 4.79. The largest absolute Gasteiger partial charge is 0.439 e. The lowest BCUT2D eigenvalue weighted by Crippen LogP contribution is -2.23. The number of rotatable bonds is 5. The van der Waals surface area contributed by atoms with Gasteiger partial charge in [-0.15, -0.1) is 11.3 Å². The number of pyridine rings is 2. The summed E-state index contributed by atoms with van der Waals surface area (Å²) in [6.45, 7) is 3.82. The molecule has 0 aromatic carbocycles. The highest BCUT2D eigenvalue weighted by molar-refractivity contribution is 7.15. The number of carbonyl (C=O) groups is 1. The van der Waals surface area contributed by atoms with E-state index in [1.165, 1.54) is 16.2 Å². The fourth-order valence-corrected chi connectivity index (χ4v) is 3.15. The Morgan fingerprint density at radius 1 is 1.22 bits per heavy atom. The number of amides is 1. The van der Waals surface area contributed by atoms with Crippen molar-refractivity contribution in [1.29, 1.82) is 0 Å². The number of nitrogens with zero attached hydrogens (tertiary/aromatic N) is 4. The third-order valence-corrected chi connectivity index (χ3v) is 4.87. The van der Waals surface area contributed by atoms with E-state index in [9.17, 15) is 4.79 Å². The Bertz CT molecular complexity index is 941. The number of carbonyl (C=O) groups excluding carboxylic acids is 1. The second-order valence-electron chi connectivity index (χ2n) is 6.23. The van der Waals surface area contributed by atoms with Crippen molar-refractivity contribution in [2.75, 3.05) is 19.4 Å². The van der Waals surface area contributed by atoms with Crippen LogP contribution in [0.3, 0.4) is 0 Å². The Balaban J connectivity index is 1.75. The van der Waals surface area contributed by atoms with Crippen LogP contribution in [0.25, 0.3) is 10.6 Å². The summed E-state index contributed by atoms with van der Waals surface area (Å²) in [6, 6.07) is 9.63. The van der Waals surface area contributed by atoms with E-state index in [0.29, 0.717) is 5.82 Å². The number of aryl methyl sites for hydroxylation is 1. The Labute approximate surface area is 162 Å². The molecule has 0 aliphatic heterocycles. The van der Waals surface area contributed by atoms with Crippen molar-refractivity contribution < 1.29 is 9.53 Å². The van der Waals surface area contributed by atoms with Crippen molar-refractivity contribution in [3.05, 3.63) is 53.3 Å². The van der Waals surface area contributed by atoms with Crippen LogP contribution >= 0.6 is 11.3 Å². The Hall–Kier alpha value is -3.00. The number of aromatic nitrogens is 3. The molecule has 1 amide bonds. The highest BCUT2D eigenvalue weighted by atomic mass is 32.1. The first-order chi connectivity index (χ1) is 12.9. The SMILES string of the molecule is Cc1ccnc(Nc2cccc(-c3cnc([C@H](C)OC(=O)N(C)C)s3)n2)c1. The minimum atomic E-state index is -0.420. The van der Waals surface area contributed by atoms with E-state index in [2.05, 4.69) is 20.3 Å². The van der Waals surface area contributed by atoms with Crippen LogP contribution in [0.1, 0.15) is 23.6 Å². The molecule has 27 heavy (non-hydrogen) atoms. The number of hydrogen-bond donors (Lipinski definition) is 1. The van der Waals surface area contributed by atoms with Gasteiger partial charge in [-0.3, -0.25) is 0 Å². The average molecular weight is 383 g/mol. The minimum absolute atomic E-state index is 0.394. The summed E-state index contributed by atoms with van der Waals surface area (Å²) in [5, 5.41) is 3.93. The van der Waals surface area contributed by atoms with Crippen molar-refractivity contribution in [2.45, 2.75) is 20.0 Å². The van der Waals surface area contributed by atoms with Crippen molar-refractivity contribution >= 4 is 29.1 Å². The predicted molar refractivity (Wildman–Crippen MR) is 106 cm³/mol. The standard InChI is InChI=1S/C19H21N5O2S/c1-12-8-9-20-17(10-12)23-16-7-5-6-14(22-16)15-11-21-18(27-15)13(2)26-19(25)24(3)4/h5-11,13H,1-4H3,(H,20,22,23)/t13-/m0/s1. The van der Waals surface area contributed by atoms with Crippen LogP contribution in [0.4, 0.5) is 16.4 Å². The molecule has 3 aromatic rings. The Morgan fingerprint density at radius 3 is 2.78 bits per heavy atom. The first-order valence-electron chi connectivity index (χ1n) is 8.43. The quantitative estimate of drug-likeness (QED) is 0.703. The first-order valence-corrected chi connectivity index (χ1v) is 9.25. The molecule has 0 aliphatic carbocycles. The summed E-state index contributed by atoms with van der Waals surface area (Å²) >= 11 is 1.45. The average Bonchev–Trinajstić information content (AvgIpc) is 3.12. The molecule has 0 unspecified atom stereocenters. The normalized spacial score (nSPS) is 11.7. The summed E-state index contributed by atoms with van der Waals surface area (Å²) in [6.07, 6.45) is 2.69. The molecule has 3 heterocycles. The zero-order chi connectivity index (χ0) is 19.4. The fraction of sp³-hybridized carbons (Fsp3) is 0.263. The molecule has 0 radical (unpaired) electrons. The van der Waals surface area contributed by atoms with Gasteiger partial charge in [0.2, 0.25) is 0 Å². The van der Waals surface area contributed by atoms with Crippen LogP contribution in [0.5, 0.6) is 0 Å². The van der Waals surface area contributed by atoms with Crippen LogP contribution in [0.15, 0.2) is 42.7 Å². The van der Waals surface area contributed by atoms with Crippen LogP contribution < -0.4 is 5.32 Å². The smallest absolute Gasteiger partial charge is 0.409 e. The molecule has 0 saturated carbocycles. The van der Waals surface area contributed by atoms with Gasteiger partial charge < -0.3 is 15.0 Å². The molecule has 0 saturated heterocycles. The van der Waals surface area contributed by atoms with Gasteiger partial charge in [-0.25, -0.2) is 19.7 Å². The maximum absolute atomic E-state index is 11.7. The van der Waals surface area contributed by atoms with Gasteiger partial charge >= 0.3 is 6.09 Å². The molecule has 140 valence electrons. The molecule has 0 fully saturated rings. The maximum atomic E-state index is 11.7. The van der Waals surface area contributed by atoms with Gasteiger partial charge in [-0.2, -0.15) is 0 Å². The monoisotopic (exact) mass is 383 g/mol. The molecule has 3 rings (SSSR count). The number of hydrogen-bond acceptors (Lipinski definition) is 7. The van der Waals surface area contributed by atoms with Crippen LogP contribution in [0.2, 0.25) is 0 Å². The number of thiazole rings is 1. The summed E-state index contributed by atoms with van der Waals surface area (Å²) in [5.41, 5.74) is 1.92. The van der Waals surface area contributed by atoms with E-state index in [1.807, 2.05) is 37.3 Å².